The van der Waals surface area contributed by atoms with E-state index in [1.165, 1.54) is 6.20 Å². The third kappa shape index (κ3) is 3.92. The molecule has 1 saturated heterocycles. The highest BCUT2D eigenvalue weighted by Crippen LogP contribution is 2.16. The molecule has 24 heavy (non-hydrogen) atoms. The molecule has 0 aliphatic carbocycles. The zero-order valence-electron chi connectivity index (χ0n) is 13.1. The van der Waals surface area contributed by atoms with Crippen molar-refractivity contribution in [3.05, 3.63) is 64.9 Å². The number of piperidine rings is 1. The van der Waals surface area contributed by atoms with Crippen LogP contribution in [0.5, 0.6) is 0 Å². The van der Waals surface area contributed by atoms with E-state index in [0.29, 0.717) is 29.4 Å². The van der Waals surface area contributed by atoms with Gasteiger partial charge in [-0.25, -0.2) is 4.98 Å². The molecule has 124 valence electrons. The molecule has 1 aromatic heterocycles. The van der Waals surface area contributed by atoms with Gasteiger partial charge in [0.2, 0.25) is 0 Å². The summed E-state index contributed by atoms with van der Waals surface area (Å²) in [4.78, 5) is 30.3. The van der Waals surface area contributed by atoms with Crippen LogP contribution >= 0.6 is 11.6 Å². The molecule has 6 heteroatoms. The molecule has 0 saturated carbocycles. The predicted molar refractivity (Wildman–Crippen MR) is 92.1 cm³/mol. The van der Waals surface area contributed by atoms with Crippen molar-refractivity contribution < 1.29 is 9.59 Å². The van der Waals surface area contributed by atoms with Crippen LogP contribution in [0.15, 0.2) is 48.7 Å². The van der Waals surface area contributed by atoms with Crippen LogP contribution in [0.1, 0.15) is 33.6 Å². The fourth-order valence-corrected chi connectivity index (χ4v) is 2.98. The molecule has 2 heterocycles. The van der Waals surface area contributed by atoms with Gasteiger partial charge in [0.1, 0.15) is 5.15 Å². The first kappa shape index (κ1) is 16.5. The van der Waals surface area contributed by atoms with Crippen molar-refractivity contribution in [1.29, 1.82) is 0 Å². The molecule has 5 nitrogen and oxygen atoms in total. The van der Waals surface area contributed by atoms with Crippen molar-refractivity contribution >= 4 is 23.4 Å². The van der Waals surface area contributed by atoms with E-state index in [-0.39, 0.29) is 17.9 Å². The maximum absolute atomic E-state index is 12.5. The van der Waals surface area contributed by atoms with Crippen LogP contribution in [0.4, 0.5) is 0 Å². The Balaban J connectivity index is 1.54. The molecule has 3 rings (SSSR count). The monoisotopic (exact) mass is 343 g/mol. The number of nitrogens with zero attached hydrogens (tertiary/aromatic N) is 2. The number of nitrogens with one attached hydrogen (secondary N) is 1. The summed E-state index contributed by atoms with van der Waals surface area (Å²) < 4.78 is 0. The lowest BCUT2D eigenvalue weighted by atomic mass is 10.0. The van der Waals surface area contributed by atoms with Gasteiger partial charge in [-0.15, -0.1) is 0 Å². The van der Waals surface area contributed by atoms with E-state index in [0.717, 1.165) is 12.8 Å². The molecule has 1 aromatic carbocycles. The van der Waals surface area contributed by atoms with E-state index in [9.17, 15) is 9.59 Å². The first-order valence-electron chi connectivity index (χ1n) is 7.90. The molecule has 0 atom stereocenters. The Kier molecular flexibility index (Phi) is 5.11. The number of carbonyl (C=O) groups excluding carboxylic acids is 2. The lowest BCUT2D eigenvalue weighted by molar-refractivity contribution is 0.0698. The number of benzene rings is 1. The number of pyridine rings is 1. The number of amides is 2. The van der Waals surface area contributed by atoms with Crippen LogP contribution in [0, 0.1) is 0 Å². The third-order valence-electron chi connectivity index (χ3n) is 4.13. The maximum Gasteiger partial charge on any atom is 0.254 e. The average molecular weight is 344 g/mol. The minimum absolute atomic E-state index is 0.0489. The lowest BCUT2D eigenvalue weighted by Crippen LogP contribution is -2.46. The largest absolute Gasteiger partial charge is 0.349 e. The Morgan fingerprint density at radius 2 is 1.79 bits per heavy atom. The van der Waals surface area contributed by atoms with E-state index >= 15 is 0 Å². The highest BCUT2D eigenvalue weighted by atomic mass is 35.5. The molecule has 1 fully saturated rings. The van der Waals surface area contributed by atoms with Crippen LogP contribution < -0.4 is 5.32 Å². The average Bonchev–Trinajstić information content (AvgIpc) is 2.62. The number of halogens is 1. The Hall–Kier alpha value is -2.40. The summed E-state index contributed by atoms with van der Waals surface area (Å²) in [6.07, 6.45) is 3.01. The molecule has 1 aliphatic heterocycles. The van der Waals surface area contributed by atoms with Gasteiger partial charge in [0.05, 0.1) is 0 Å². The maximum atomic E-state index is 12.5. The number of rotatable bonds is 3. The van der Waals surface area contributed by atoms with Crippen molar-refractivity contribution in [3.8, 4) is 0 Å². The summed E-state index contributed by atoms with van der Waals surface area (Å²) in [5, 5.41) is 3.35. The van der Waals surface area contributed by atoms with Crippen molar-refractivity contribution in [3.63, 3.8) is 0 Å². The van der Waals surface area contributed by atoms with Gasteiger partial charge in [-0.3, -0.25) is 9.59 Å². The number of likely N-dealkylation sites (tertiary alicyclic amines) is 1. The second kappa shape index (κ2) is 7.45. The smallest absolute Gasteiger partial charge is 0.254 e. The van der Waals surface area contributed by atoms with Crippen LogP contribution in [-0.4, -0.2) is 40.8 Å². The van der Waals surface area contributed by atoms with Crippen molar-refractivity contribution in [2.45, 2.75) is 18.9 Å². The van der Waals surface area contributed by atoms with Crippen molar-refractivity contribution in [2.24, 2.45) is 0 Å². The van der Waals surface area contributed by atoms with E-state index in [1.807, 2.05) is 18.2 Å². The molecule has 2 amide bonds. The molecular weight excluding hydrogens is 326 g/mol. The van der Waals surface area contributed by atoms with Gasteiger partial charge in [-0.05, 0) is 37.1 Å². The van der Waals surface area contributed by atoms with Crippen LogP contribution in [0.3, 0.4) is 0 Å². The molecule has 0 radical (unpaired) electrons. The van der Waals surface area contributed by atoms with Crippen molar-refractivity contribution in [1.82, 2.24) is 15.2 Å². The van der Waals surface area contributed by atoms with E-state index in [4.69, 9.17) is 11.6 Å². The SMILES string of the molecule is O=C(NC1CCN(C(=O)c2ccnc(Cl)c2)CC1)c1ccccc1. The second-order valence-corrected chi connectivity index (χ2v) is 6.16. The molecule has 0 bridgehead atoms. The van der Waals surface area contributed by atoms with E-state index in [1.54, 1.807) is 29.2 Å². The van der Waals surface area contributed by atoms with Gasteiger partial charge in [0, 0.05) is 36.5 Å². The molecule has 0 spiro atoms. The Morgan fingerprint density at radius 3 is 2.46 bits per heavy atom. The first-order chi connectivity index (χ1) is 11.6. The van der Waals surface area contributed by atoms with Gasteiger partial charge in [0.25, 0.3) is 11.8 Å². The van der Waals surface area contributed by atoms with Gasteiger partial charge in [-0.1, -0.05) is 29.8 Å². The van der Waals surface area contributed by atoms with E-state index < -0.39 is 0 Å². The summed E-state index contributed by atoms with van der Waals surface area (Å²) in [7, 11) is 0. The first-order valence-corrected chi connectivity index (χ1v) is 8.28. The lowest BCUT2D eigenvalue weighted by Gasteiger charge is -2.32. The normalized spacial score (nSPS) is 15.1. The van der Waals surface area contributed by atoms with Crippen LogP contribution in [0.2, 0.25) is 5.15 Å². The summed E-state index contributed by atoms with van der Waals surface area (Å²) >= 11 is 5.84. The molecule has 1 N–H and O–H groups in total. The quantitative estimate of drug-likeness (QED) is 0.872. The standard InChI is InChI=1S/C18H18ClN3O2/c19-16-12-14(6-9-20-16)18(24)22-10-7-15(8-11-22)21-17(23)13-4-2-1-3-5-13/h1-6,9,12,15H,7-8,10-11H2,(H,21,23). The number of hydrogen-bond donors (Lipinski definition) is 1. The summed E-state index contributed by atoms with van der Waals surface area (Å²) in [6, 6.07) is 12.5. The number of carbonyl (C=O) groups is 2. The molecule has 2 aromatic rings. The number of hydrogen-bond acceptors (Lipinski definition) is 3. The zero-order chi connectivity index (χ0) is 16.9. The highest BCUT2D eigenvalue weighted by molar-refractivity contribution is 6.29. The highest BCUT2D eigenvalue weighted by Gasteiger charge is 2.25. The van der Waals surface area contributed by atoms with Gasteiger partial charge < -0.3 is 10.2 Å². The summed E-state index contributed by atoms with van der Waals surface area (Å²) in [5.41, 5.74) is 1.20. The topological polar surface area (TPSA) is 62.3 Å². The molecule has 0 unspecified atom stereocenters. The predicted octanol–water partition coefficient (Wildman–Crippen LogP) is 2.77. The fourth-order valence-electron chi connectivity index (χ4n) is 2.80. The van der Waals surface area contributed by atoms with Crippen LogP contribution in [0.25, 0.3) is 0 Å². The van der Waals surface area contributed by atoms with Crippen LogP contribution in [-0.2, 0) is 0 Å². The Bertz CT molecular complexity index is 728. The third-order valence-corrected chi connectivity index (χ3v) is 4.33. The summed E-state index contributed by atoms with van der Waals surface area (Å²) in [5.74, 6) is -0.117. The summed E-state index contributed by atoms with van der Waals surface area (Å²) in [6.45, 7) is 1.22. The van der Waals surface area contributed by atoms with E-state index in [2.05, 4.69) is 10.3 Å². The van der Waals surface area contributed by atoms with Gasteiger partial charge >= 0.3 is 0 Å². The minimum Gasteiger partial charge on any atom is -0.349 e. The van der Waals surface area contributed by atoms with Gasteiger partial charge in [-0.2, -0.15) is 0 Å². The molecular formula is C18H18ClN3O2. The van der Waals surface area contributed by atoms with Gasteiger partial charge in [0.15, 0.2) is 0 Å². The number of aromatic nitrogens is 1. The Morgan fingerprint density at radius 1 is 1.08 bits per heavy atom. The Labute approximate surface area is 145 Å². The molecule has 1 aliphatic rings. The fraction of sp³-hybridized carbons (Fsp3) is 0.278. The van der Waals surface area contributed by atoms with Crippen molar-refractivity contribution in [2.75, 3.05) is 13.1 Å². The minimum atomic E-state index is -0.0682. The zero-order valence-corrected chi connectivity index (χ0v) is 13.9. The second-order valence-electron chi connectivity index (χ2n) is 5.77.